The maximum Gasteiger partial charge on any atom is 0.397 e. The van der Waals surface area contributed by atoms with Crippen molar-refractivity contribution in [2.75, 3.05) is 7.11 Å². The summed E-state index contributed by atoms with van der Waals surface area (Å²) in [6.07, 6.45) is -6.58. The molecule has 0 saturated carbocycles. The highest BCUT2D eigenvalue weighted by atomic mass is 19.4. The van der Waals surface area contributed by atoms with E-state index in [1.807, 2.05) is 0 Å². The summed E-state index contributed by atoms with van der Waals surface area (Å²) in [5.41, 5.74) is -0.240. The first-order valence-electron chi connectivity index (χ1n) is 5.53. The number of carbonyl (C=O) groups is 2. The van der Waals surface area contributed by atoms with Crippen LogP contribution in [-0.4, -0.2) is 25.2 Å². The van der Waals surface area contributed by atoms with Gasteiger partial charge in [-0.05, 0) is 17.7 Å². The lowest BCUT2D eigenvalue weighted by Gasteiger charge is -2.17. The van der Waals surface area contributed by atoms with Crippen molar-refractivity contribution < 1.29 is 36.3 Å². The third-order valence-corrected chi connectivity index (χ3v) is 2.38. The van der Waals surface area contributed by atoms with Crippen LogP contribution in [0, 0.1) is 11.6 Å². The summed E-state index contributed by atoms with van der Waals surface area (Å²) in [7, 11) is 0.936. The molecule has 0 aliphatic heterocycles. The Morgan fingerprint density at radius 3 is 2.33 bits per heavy atom. The maximum atomic E-state index is 13.1. The Bertz CT molecular complexity index is 544. The van der Waals surface area contributed by atoms with Crippen LogP contribution < -0.4 is 5.32 Å². The number of alkyl halides is 3. The predicted molar refractivity (Wildman–Crippen MR) is 59.9 cm³/mol. The second kappa shape index (κ2) is 6.51. The van der Waals surface area contributed by atoms with E-state index in [0.29, 0.717) is 12.1 Å². The molecule has 1 atom stereocenters. The number of halogens is 5. The van der Waals surface area contributed by atoms with Gasteiger partial charge in [-0.2, -0.15) is 13.2 Å². The van der Waals surface area contributed by atoms with E-state index in [1.54, 1.807) is 5.32 Å². The van der Waals surface area contributed by atoms with Crippen LogP contribution in [0.3, 0.4) is 0 Å². The molecular formula is C12H10F5NO3. The van der Waals surface area contributed by atoms with Gasteiger partial charge in [0.15, 0.2) is 17.7 Å². The lowest BCUT2D eigenvalue weighted by Crippen LogP contribution is -2.36. The van der Waals surface area contributed by atoms with E-state index in [9.17, 15) is 31.5 Å². The third kappa shape index (κ3) is 5.01. The van der Waals surface area contributed by atoms with Gasteiger partial charge in [-0.15, -0.1) is 0 Å². The first-order valence-corrected chi connectivity index (χ1v) is 5.53. The zero-order valence-electron chi connectivity index (χ0n) is 10.6. The number of hydrogen-bond donors (Lipinski definition) is 1. The van der Waals surface area contributed by atoms with Gasteiger partial charge >= 0.3 is 12.1 Å². The number of esters is 1. The van der Waals surface area contributed by atoms with Gasteiger partial charge in [0.2, 0.25) is 5.91 Å². The summed E-state index contributed by atoms with van der Waals surface area (Å²) in [6, 6.07) is 0.551. The van der Waals surface area contributed by atoms with Crippen LogP contribution in [-0.2, 0) is 14.3 Å². The summed E-state index contributed by atoms with van der Waals surface area (Å²) in [6.45, 7) is 0. The average Bonchev–Trinajstić information content (AvgIpc) is 2.36. The summed E-state index contributed by atoms with van der Waals surface area (Å²) in [4.78, 5) is 22.7. The van der Waals surface area contributed by atoms with E-state index < -0.39 is 42.1 Å². The van der Waals surface area contributed by atoms with Crippen LogP contribution >= 0.6 is 0 Å². The number of amides is 1. The lowest BCUT2D eigenvalue weighted by molar-refractivity contribution is -0.157. The SMILES string of the molecule is COC(=O)[C@H](NC(=O)CC(F)(F)F)c1ccc(F)c(F)c1. The molecule has 1 amide bonds. The molecule has 1 aromatic rings. The summed E-state index contributed by atoms with van der Waals surface area (Å²) < 4.78 is 66.4. The largest absolute Gasteiger partial charge is 0.467 e. The normalized spacial score (nSPS) is 12.7. The monoisotopic (exact) mass is 311 g/mol. The summed E-state index contributed by atoms with van der Waals surface area (Å²) in [5, 5.41) is 1.76. The van der Waals surface area contributed by atoms with Crippen molar-refractivity contribution in [1.29, 1.82) is 0 Å². The highest BCUT2D eigenvalue weighted by molar-refractivity contribution is 5.85. The molecule has 116 valence electrons. The van der Waals surface area contributed by atoms with Gasteiger partial charge in [0.1, 0.15) is 6.42 Å². The molecule has 4 nitrogen and oxygen atoms in total. The van der Waals surface area contributed by atoms with Crippen LogP contribution in [0.15, 0.2) is 18.2 Å². The van der Waals surface area contributed by atoms with Crippen molar-refractivity contribution in [2.45, 2.75) is 18.6 Å². The van der Waals surface area contributed by atoms with Gasteiger partial charge in [-0.25, -0.2) is 13.6 Å². The zero-order chi connectivity index (χ0) is 16.2. The van der Waals surface area contributed by atoms with E-state index in [4.69, 9.17) is 0 Å². The molecule has 9 heteroatoms. The quantitative estimate of drug-likeness (QED) is 0.685. The Balaban J connectivity index is 2.98. The zero-order valence-corrected chi connectivity index (χ0v) is 10.6. The minimum atomic E-state index is -4.77. The molecule has 0 fully saturated rings. The Hall–Kier alpha value is -2.19. The molecular weight excluding hydrogens is 301 g/mol. The smallest absolute Gasteiger partial charge is 0.397 e. The molecule has 21 heavy (non-hydrogen) atoms. The fraction of sp³-hybridized carbons (Fsp3) is 0.333. The highest BCUT2D eigenvalue weighted by Gasteiger charge is 2.33. The van der Waals surface area contributed by atoms with Crippen molar-refractivity contribution in [3.63, 3.8) is 0 Å². The van der Waals surface area contributed by atoms with Gasteiger partial charge < -0.3 is 10.1 Å². The fourth-order valence-electron chi connectivity index (χ4n) is 1.48. The van der Waals surface area contributed by atoms with Crippen LogP contribution in [0.5, 0.6) is 0 Å². The van der Waals surface area contributed by atoms with E-state index in [-0.39, 0.29) is 5.56 Å². The first-order chi connectivity index (χ1) is 9.64. The van der Waals surface area contributed by atoms with Gasteiger partial charge in [-0.3, -0.25) is 4.79 Å². The molecule has 0 heterocycles. The number of hydrogen-bond acceptors (Lipinski definition) is 3. The maximum absolute atomic E-state index is 13.1. The van der Waals surface area contributed by atoms with Crippen molar-refractivity contribution in [3.05, 3.63) is 35.4 Å². The molecule has 1 rings (SSSR count). The Labute approximate surface area is 115 Å². The number of nitrogens with one attached hydrogen (secondary N) is 1. The number of methoxy groups -OCH3 is 1. The summed E-state index contributed by atoms with van der Waals surface area (Å²) in [5.74, 6) is -5.13. The van der Waals surface area contributed by atoms with Crippen LogP contribution in [0.1, 0.15) is 18.0 Å². The molecule has 0 saturated heterocycles. The minimum absolute atomic E-state index is 0.240. The predicted octanol–water partition coefficient (Wildman–Crippen LogP) is 2.25. The lowest BCUT2D eigenvalue weighted by atomic mass is 10.1. The van der Waals surface area contributed by atoms with Crippen LogP contribution in [0.4, 0.5) is 22.0 Å². The van der Waals surface area contributed by atoms with Crippen molar-refractivity contribution in [2.24, 2.45) is 0 Å². The van der Waals surface area contributed by atoms with Crippen molar-refractivity contribution in [1.82, 2.24) is 5.32 Å². The molecule has 0 unspecified atom stereocenters. The van der Waals surface area contributed by atoms with Crippen LogP contribution in [0.2, 0.25) is 0 Å². The van der Waals surface area contributed by atoms with Gasteiger partial charge in [-0.1, -0.05) is 6.07 Å². The molecule has 0 aromatic heterocycles. The topological polar surface area (TPSA) is 55.4 Å². The fourth-order valence-corrected chi connectivity index (χ4v) is 1.48. The minimum Gasteiger partial charge on any atom is -0.467 e. The van der Waals surface area contributed by atoms with E-state index in [1.165, 1.54) is 0 Å². The summed E-state index contributed by atoms with van der Waals surface area (Å²) >= 11 is 0. The van der Waals surface area contributed by atoms with E-state index in [2.05, 4.69) is 4.74 Å². The van der Waals surface area contributed by atoms with Gasteiger partial charge in [0, 0.05) is 0 Å². The molecule has 0 aliphatic rings. The van der Waals surface area contributed by atoms with Crippen LogP contribution in [0.25, 0.3) is 0 Å². The Morgan fingerprint density at radius 1 is 1.24 bits per heavy atom. The molecule has 1 aromatic carbocycles. The molecule has 0 spiro atoms. The van der Waals surface area contributed by atoms with Crippen molar-refractivity contribution in [3.8, 4) is 0 Å². The molecule has 0 aliphatic carbocycles. The number of carbonyl (C=O) groups excluding carboxylic acids is 2. The second-order valence-electron chi connectivity index (χ2n) is 3.99. The standard InChI is InChI=1S/C12H10F5NO3/c1-21-11(20)10(18-9(19)5-12(15,16)17)6-2-3-7(13)8(14)4-6/h2-4,10H,5H2,1H3,(H,18,19)/t10-/m1/s1. The van der Waals surface area contributed by atoms with E-state index in [0.717, 1.165) is 13.2 Å². The molecule has 0 bridgehead atoms. The average molecular weight is 311 g/mol. The third-order valence-electron chi connectivity index (χ3n) is 2.38. The molecule has 1 N–H and O–H groups in total. The Kier molecular flexibility index (Phi) is 5.23. The number of benzene rings is 1. The Morgan fingerprint density at radius 2 is 1.86 bits per heavy atom. The van der Waals surface area contributed by atoms with Gasteiger partial charge in [0.05, 0.1) is 7.11 Å². The highest BCUT2D eigenvalue weighted by Crippen LogP contribution is 2.22. The van der Waals surface area contributed by atoms with Gasteiger partial charge in [0.25, 0.3) is 0 Å². The second-order valence-corrected chi connectivity index (χ2v) is 3.99. The number of ether oxygens (including phenoxy) is 1. The van der Waals surface area contributed by atoms with E-state index >= 15 is 0 Å². The number of rotatable bonds is 4. The first kappa shape index (κ1) is 16.9. The molecule has 0 radical (unpaired) electrons. The van der Waals surface area contributed by atoms with Crippen molar-refractivity contribution >= 4 is 11.9 Å².